The fourth-order valence-corrected chi connectivity index (χ4v) is 4.36. The molecule has 1 aliphatic rings. The van der Waals surface area contributed by atoms with Crippen molar-refractivity contribution < 1.29 is 4.79 Å². The highest BCUT2D eigenvalue weighted by Gasteiger charge is 2.32. The molecule has 1 aliphatic heterocycles. The smallest absolute Gasteiger partial charge is 0.255 e. The van der Waals surface area contributed by atoms with Gasteiger partial charge < -0.3 is 4.90 Å². The Hall–Kier alpha value is -1.74. The summed E-state index contributed by atoms with van der Waals surface area (Å²) in [5.74, 6) is 1.14. The quantitative estimate of drug-likeness (QED) is 0.814. The van der Waals surface area contributed by atoms with Crippen LogP contribution in [0.3, 0.4) is 0 Å². The number of rotatable bonds is 2. The van der Waals surface area contributed by atoms with Crippen molar-refractivity contribution in [3.05, 3.63) is 70.3 Å². The van der Waals surface area contributed by atoms with Crippen molar-refractivity contribution in [2.75, 3.05) is 12.3 Å². The topological polar surface area (TPSA) is 20.3 Å². The van der Waals surface area contributed by atoms with E-state index in [1.807, 2.05) is 47.9 Å². The first-order chi connectivity index (χ1) is 10.6. The molecule has 1 saturated heterocycles. The van der Waals surface area contributed by atoms with Crippen molar-refractivity contribution in [3.63, 3.8) is 0 Å². The van der Waals surface area contributed by atoms with E-state index in [9.17, 15) is 4.79 Å². The molecule has 1 amide bonds. The van der Waals surface area contributed by atoms with Crippen LogP contribution in [0.15, 0.2) is 42.5 Å². The first-order valence-electron chi connectivity index (χ1n) is 7.63. The maximum absolute atomic E-state index is 12.9. The molecule has 0 aromatic heterocycles. The molecule has 1 fully saturated rings. The second-order valence-electron chi connectivity index (χ2n) is 5.90. The summed E-state index contributed by atoms with van der Waals surface area (Å²) in [6.07, 6.45) is 0. The van der Waals surface area contributed by atoms with Gasteiger partial charge in [-0.05, 0) is 43.5 Å². The average Bonchev–Trinajstić information content (AvgIpc) is 2.96. The SMILES string of the molecule is Cc1ccc(C2SCCN2C(=O)c2ccccc2C)c(C)c1. The van der Waals surface area contributed by atoms with Crippen LogP contribution in [-0.4, -0.2) is 23.1 Å². The van der Waals surface area contributed by atoms with Crippen LogP contribution in [0, 0.1) is 20.8 Å². The Bertz CT molecular complexity index is 710. The van der Waals surface area contributed by atoms with Crippen LogP contribution in [0.4, 0.5) is 0 Å². The Morgan fingerprint density at radius 1 is 1.09 bits per heavy atom. The van der Waals surface area contributed by atoms with Crippen molar-refractivity contribution in [1.82, 2.24) is 4.90 Å². The lowest BCUT2D eigenvalue weighted by atomic mass is 10.0. The number of hydrogen-bond acceptors (Lipinski definition) is 2. The monoisotopic (exact) mass is 311 g/mol. The second-order valence-corrected chi connectivity index (χ2v) is 7.08. The van der Waals surface area contributed by atoms with Gasteiger partial charge in [0.2, 0.25) is 0 Å². The highest BCUT2D eigenvalue weighted by atomic mass is 32.2. The van der Waals surface area contributed by atoms with Crippen LogP contribution in [-0.2, 0) is 0 Å². The number of nitrogens with zero attached hydrogens (tertiary/aromatic N) is 1. The van der Waals surface area contributed by atoms with Gasteiger partial charge in [-0.2, -0.15) is 0 Å². The molecule has 0 radical (unpaired) electrons. The Labute approximate surface area is 136 Å². The third-order valence-corrected chi connectivity index (χ3v) is 5.46. The summed E-state index contributed by atoms with van der Waals surface area (Å²) >= 11 is 1.86. The highest BCUT2D eigenvalue weighted by molar-refractivity contribution is 7.99. The van der Waals surface area contributed by atoms with Gasteiger partial charge in [0.15, 0.2) is 0 Å². The molecular weight excluding hydrogens is 290 g/mol. The lowest BCUT2D eigenvalue weighted by Gasteiger charge is -2.26. The molecule has 2 nitrogen and oxygen atoms in total. The molecule has 22 heavy (non-hydrogen) atoms. The number of hydrogen-bond donors (Lipinski definition) is 0. The minimum atomic E-state index is 0.132. The molecule has 1 heterocycles. The van der Waals surface area contributed by atoms with E-state index in [-0.39, 0.29) is 11.3 Å². The van der Waals surface area contributed by atoms with E-state index < -0.39 is 0 Å². The zero-order valence-corrected chi connectivity index (χ0v) is 14.1. The fraction of sp³-hybridized carbons (Fsp3) is 0.316. The molecule has 114 valence electrons. The molecule has 0 spiro atoms. The number of aryl methyl sites for hydroxylation is 3. The van der Waals surface area contributed by atoms with Crippen molar-refractivity contribution in [2.24, 2.45) is 0 Å². The molecular formula is C19H21NOS. The number of carbonyl (C=O) groups is 1. The summed E-state index contributed by atoms with van der Waals surface area (Å²) in [4.78, 5) is 15.0. The molecule has 3 heteroatoms. The van der Waals surface area contributed by atoms with E-state index in [1.54, 1.807) is 0 Å². The van der Waals surface area contributed by atoms with Crippen LogP contribution in [0.25, 0.3) is 0 Å². The van der Waals surface area contributed by atoms with Gasteiger partial charge in [0.1, 0.15) is 5.37 Å². The average molecular weight is 311 g/mol. The molecule has 2 aromatic rings. The van der Waals surface area contributed by atoms with E-state index >= 15 is 0 Å². The zero-order valence-electron chi connectivity index (χ0n) is 13.3. The molecule has 0 N–H and O–H groups in total. The van der Waals surface area contributed by atoms with Gasteiger partial charge in [0.25, 0.3) is 5.91 Å². The maximum Gasteiger partial charge on any atom is 0.255 e. The zero-order chi connectivity index (χ0) is 15.7. The van der Waals surface area contributed by atoms with Crippen molar-refractivity contribution >= 4 is 17.7 Å². The Balaban J connectivity index is 1.93. The third-order valence-electron chi connectivity index (χ3n) is 4.22. The fourth-order valence-electron chi connectivity index (χ4n) is 3.01. The Kier molecular flexibility index (Phi) is 4.25. The Morgan fingerprint density at radius 2 is 1.86 bits per heavy atom. The van der Waals surface area contributed by atoms with Gasteiger partial charge in [-0.3, -0.25) is 4.79 Å². The minimum Gasteiger partial charge on any atom is -0.322 e. The third kappa shape index (κ3) is 2.78. The second kappa shape index (κ2) is 6.17. The molecule has 2 aromatic carbocycles. The van der Waals surface area contributed by atoms with Crippen LogP contribution in [0.1, 0.15) is 38.0 Å². The van der Waals surface area contributed by atoms with E-state index in [0.29, 0.717) is 0 Å². The van der Waals surface area contributed by atoms with Gasteiger partial charge >= 0.3 is 0 Å². The van der Waals surface area contributed by atoms with Crippen molar-refractivity contribution in [2.45, 2.75) is 26.1 Å². The standard InChI is InChI=1S/C19H21NOS/c1-13-8-9-17(15(3)12-13)19-20(10-11-22-19)18(21)16-7-5-4-6-14(16)2/h4-9,12,19H,10-11H2,1-3H3. The normalized spacial score (nSPS) is 17.8. The van der Waals surface area contributed by atoms with Crippen LogP contribution < -0.4 is 0 Å². The summed E-state index contributed by atoms with van der Waals surface area (Å²) < 4.78 is 0. The van der Waals surface area contributed by atoms with E-state index in [0.717, 1.165) is 23.4 Å². The van der Waals surface area contributed by atoms with Crippen molar-refractivity contribution in [3.8, 4) is 0 Å². The molecule has 0 aliphatic carbocycles. The number of benzene rings is 2. The van der Waals surface area contributed by atoms with Gasteiger partial charge in [-0.1, -0.05) is 42.0 Å². The summed E-state index contributed by atoms with van der Waals surface area (Å²) in [7, 11) is 0. The summed E-state index contributed by atoms with van der Waals surface area (Å²) in [5, 5.41) is 0.132. The van der Waals surface area contributed by atoms with E-state index in [2.05, 4.69) is 32.0 Å². The molecule has 1 atom stereocenters. The molecule has 0 saturated carbocycles. The van der Waals surface area contributed by atoms with Crippen LogP contribution >= 0.6 is 11.8 Å². The Morgan fingerprint density at radius 3 is 2.59 bits per heavy atom. The lowest BCUT2D eigenvalue weighted by Crippen LogP contribution is -2.31. The summed E-state index contributed by atoms with van der Waals surface area (Å²) in [6.45, 7) is 7.06. The maximum atomic E-state index is 12.9. The van der Waals surface area contributed by atoms with Crippen LogP contribution in [0.5, 0.6) is 0 Å². The largest absolute Gasteiger partial charge is 0.322 e. The lowest BCUT2D eigenvalue weighted by molar-refractivity contribution is 0.0759. The summed E-state index contributed by atoms with van der Waals surface area (Å²) in [6, 6.07) is 14.4. The first-order valence-corrected chi connectivity index (χ1v) is 8.68. The van der Waals surface area contributed by atoms with Gasteiger partial charge in [0.05, 0.1) is 0 Å². The van der Waals surface area contributed by atoms with E-state index in [4.69, 9.17) is 0 Å². The predicted molar refractivity (Wildman–Crippen MR) is 93.3 cm³/mol. The molecule has 0 bridgehead atoms. The first kappa shape index (κ1) is 15.2. The number of amides is 1. The van der Waals surface area contributed by atoms with Crippen LogP contribution in [0.2, 0.25) is 0 Å². The predicted octanol–water partition coefficient (Wildman–Crippen LogP) is 4.50. The summed E-state index contributed by atoms with van der Waals surface area (Å²) in [5.41, 5.74) is 5.65. The molecule has 1 unspecified atom stereocenters. The van der Waals surface area contributed by atoms with Gasteiger partial charge in [-0.15, -0.1) is 11.8 Å². The highest BCUT2D eigenvalue weighted by Crippen LogP contribution is 2.40. The van der Waals surface area contributed by atoms with E-state index in [1.165, 1.54) is 16.7 Å². The van der Waals surface area contributed by atoms with Crippen molar-refractivity contribution in [1.29, 1.82) is 0 Å². The van der Waals surface area contributed by atoms with Gasteiger partial charge in [0, 0.05) is 17.9 Å². The molecule has 3 rings (SSSR count). The minimum absolute atomic E-state index is 0.132. The number of thioether (sulfide) groups is 1. The number of carbonyl (C=O) groups excluding carboxylic acids is 1. The van der Waals surface area contributed by atoms with Gasteiger partial charge in [-0.25, -0.2) is 0 Å².